The molecule has 0 unspecified atom stereocenters. The number of nitrogens with zero attached hydrogens (tertiary/aromatic N) is 3. The molecule has 1 aliphatic heterocycles. The molecule has 0 spiro atoms. The number of amides is 1. The zero-order valence-corrected chi connectivity index (χ0v) is 20.7. The Balaban J connectivity index is 1.11. The van der Waals surface area contributed by atoms with E-state index in [9.17, 15) is 4.79 Å². The Hall–Kier alpha value is -2.90. The van der Waals surface area contributed by atoms with Gasteiger partial charge in [0.2, 0.25) is 11.9 Å². The van der Waals surface area contributed by atoms with Crippen molar-refractivity contribution in [2.75, 3.05) is 25.0 Å². The zero-order chi connectivity index (χ0) is 24.2. The average Bonchev–Trinajstić information content (AvgIpc) is 3.33. The first kappa shape index (κ1) is 23.8. The summed E-state index contributed by atoms with van der Waals surface area (Å²) in [7, 11) is 0. The van der Waals surface area contributed by atoms with E-state index in [0.29, 0.717) is 29.0 Å². The highest BCUT2D eigenvalue weighted by molar-refractivity contribution is 6.33. The molecule has 2 fully saturated rings. The van der Waals surface area contributed by atoms with Gasteiger partial charge < -0.3 is 20.5 Å². The quantitative estimate of drug-likeness (QED) is 0.403. The van der Waals surface area contributed by atoms with Crippen molar-refractivity contribution < 1.29 is 4.79 Å². The Kier molecular flexibility index (Phi) is 7.35. The summed E-state index contributed by atoms with van der Waals surface area (Å²) in [5.74, 6) is 1.33. The minimum Gasteiger partial charge on any atom is -0.360 e. The lowest BCUT2D eigenvalue weighted by atomic mass is 9.90. The number of nitrogens with one attached hydrogen (secondary N) is 3. The molecule has 1 aromatic carbocycles. The van der Waals surface area contributed by atoms with Crippen molar-refractivity contribution in [2.24, 2.45) is 5.92 Å². The molecule has 184 valence electrons. The largest absolute Gasteiger partial charge is 0.360 e. The van der Waals surface area contributed by atoms with Gasteiger partial charge >= 0.3 is 0 Å². The Labute approximate surface area is 211 Å². The molecule has 1 amide bonds. The number of benzene rings is 1. The molecular formula is C27H33ClN6O. The first-order chi connectivity index (χ1) is 17.1. The van der Waals surface area contributed by atoms with Gasteiger partial charge in [-0.1, -0.05) is 36.4 Å². The van der Waals surface area contributed by atoms with Crippen molar-refractivity contribution in [3.8, 4) is 11.3 Å². The molecule has 7 nitrogen and oxygen atoms in total. The lowest BCUT2D eigenvalue weighted by molar-refractivity contribution is -0.127. The molecule has 1 saturated carbocycles. The molecule has 1 saturated heterocycles. The van der Waals surface area contributed by atoms with Crippen LogP contribution in [0.25, 0.3) is 22.2 Å². The fourth-order valence-corrected chi connectivity index (χ4v) is 5.53. The summed E-state index contributed by atoms with van der Waals surface area (Å²) in [5, 5.41) is 8.97. The minimum absolute atomic E-state index is 0.0560. The van der Waals surface area contributed by atoms with Crippen LogP contribution in [-0.4, -0.2) is 57.5 Å². The highest BCUT2D eigenvalue weighted by atomic mass is 35.5. The van der Waals surface area contributed by atoms with Crippen LogP contribution < -0.4 is 10.6 Å². The summed E-state index contributed by atoms with van der Waals surface area (Å²) in [6.45, 7) is 6.31. The molecule has 3 heterocycles. The molecule has 8 heteroatoms. The first-order valence-electron chi connectivity index (χ1n) is 12.6. The highest BCUT2D eigenvalue weighted by Crippen LogP contribution is 2.32. The highest BCUT2D eigenvalue weighted by Gasteiger charge is 2.25. The van der Waals surface area contributed by atoms with Crippen molar-refractivity contribution in [1.82, 2.24) is 25.2 Å². The Bertz CT molecular complexity index is 1180. The fraction of sp³-hybridized carbons (Fsp3) is 0.444. The van der Waals surface area contributed by atoms with Crippen LogP contribution in [0.15, 0.2) is 49.3 Å². The number of fused-ring (bicyclic) bond motifs is 1. The van der Waals surface area contributed by atoms with E-state index in [1.165, 1.54) is 6.08 Å². The van der Waals surface area contributed by atoms with Crippen LogP contribution in [0.1, 0.15) is 38.5 Å². The van der Waals surface area contributed by atoms with Crippen LogP contribution in [0.4, 0.5) is 5.95 Å². The standard InChI is InChI=1S/C27H33ClN6O/c1-2-25(35)34-13-11-18(12-14-34)15-29-19-7-9-20(10-8-19)32-27-31-17-23(28)26(33-27)22-16-30-24-6-4-3-5-21(22)24/h2-6,16-20,29-30H,1,7-15H2,(H,31,32,33). The molecule has 3 aromatic rings. The van der Waals surface area contributed by atoms with Gasteiger partial charge in [-0.2, -0.15) is 0 Å². The number of carbonyl (C=O) groups excluding carboxylic acids is 1. The summed E-state index contributed by atoms with van der Waals surface area (Å²) in [5.41, 5.74) is 2.80. The van der Waals surface area contributed by atoms with Crippen LogP contribution in [0, 0.1) is 5.92 Å². The van der Waals surface area contributed by atoms with Crippen LogP contribution in [0.3, 0.4) is 0 Å². The van der Waals surface area contributed by atoms with Gasteiger partial charge in [0.25, 0.3) is 0 Å². The van der Waals surface area contributed by atoms with Gasteiger partial charge in [0.1, 0.15) is 0 Å². The summed E-state index contributed by atoms with van der Waals surface area (Å²) >= 11 is 6.48. The van der Waals surface area contributed by atoms with Crippen LogP contribution >= 0.6 is 11.6 Å². The summed E-state index contributed by atoms with van der Waals surface area (Å²) < 4.78 is 0. The number of hydrogen-bond donors (Lipinski definition) is 3. The zero-order valence-electron chi connectivity index (χ0n) is 20.0. The van der Waals surface area contributed by atoms with Gasteiger partial charge in [0, 0.05) is 47.8 Å². The van der Waals surface area contributed by atoms with Crippen molar-refractivity contribution in [2.45, 2.75) is 50.6 Å². The second-order valence-electron chi connectivity index (χ2n) is 9.71. The third kappa shape index (κ3) is 5.52. The van der Waals surface area contributed by atoms with Crippen molar-refractivity contribution in [1.29, 1.82) is 0 Å². The van der Waals surface area contributed by atoms with Crippen LogP contribution in [0.2, 0.25) is 5.02 Å². The van der Waals surface area contributed by atoms with Crippen molar-refractivity contribution in [3.63, 3.8) is 0 Å². The number of H-pyrrole nitrogens is 1. The molecule has 0 bridgehead atoms. The molecule has 2 aromatic heterocycles. The lowest BCUT2D eigenvalue weighted by Crippen LogP contribution is -2.43. The molecule has 1 aliphatic carbocycles. The predicted octanol–water partition coefficient (Wildman–Crippen LogP) is 5.02. The number of halogens is 1. The monoisotopic (exact) mass is 492 g/mol. The molecule has 0 atom stereocenters. The Morgan fingerprint density at radius 1 is 1.14 bits per heavy atom. The van der Waals surface area contributed by atoms with E-state index in [2.05, 4.69) is 33.2 Å². The number of rotatable bonds is 7. The van der Waals surface area contributed by atoms with E-state index >= 15 is 0 Å². The molecule has 3 N–H and O–H groups in total. The minimum atomic E-state index is 0.0560. The van der Waals surface area contributed by atoms with Crippen molar-refractivity contribution in [3.05, 3.63) is 54.3 Å². The number of likely N-dealkylation sites (tertiary alicyclic amines) is 1. The maximum Gasteiger partial charge on any atom is 0.245 e. The van der Waals surface area contributed by atoms with Gasteiger partial charge in [-0.3, -0.25) is 4.79 Å². The van der Waals surface area contributed by atoms with E-state index in [-0.39, 0.29) is 5.91 Å². The second-order valence-corrected chi connectivity index (χ2v) is 10.1. The lowest BCUT2D eigenvalue weighted by Gasteiger charge is -2.34. The number of anilines is 1. The van der Waals surface area contributed by atoms with E-state index in [0.717, 1.165) is 80.3 Å². The molecule has 0 radical (unpaired) electrons. The van der Waals surface area contributed by atoms with E-state index in [1.54, 1.807) is 6.20 Å². The molecular weight excluding hydrogens is 460 g/mol. The van der Waals surface area contributed by atoms with Gasteiger partial charge in [0.05, 0.1) is 16.9 Å². The third-order valence-corrected chi connectivity index (χ3v) is 7.72. The average molecular weight is 493 g/mol. The number of aromatic amines is 1. The van der Waals surface area contributed by atoms with Crippen LogP contribution in [-0.2, 0) is 4.79 Å². The third-order valence-electron chi connectivity index (χ3n) is 7.44. The number of para-hydroxylation sites is 1. The molecule has 35 heavy (non-hydrogen) atoms. The summed E-state index contributed by atoms with van der Waals surface area (Å²) in [6, 6.07) is 9.06. The second kappa shape index (κ2) is 10.8. The summed E-state index contributed by atoms with van der Waals surface area (Å²) in [4.78, 5) is 26.2. The fourth-order valence-electron chi connectivity index (χ4n) is 5.34. The van der Waals surface area contributed by atoms with Crippen LogP contribution in [0.5, 0.6) is 0 Å². The smallest absolute Gasteiger partial charge is 0.245 e. The topological polar surface area (TPSA) is 85.9 Å². The predicted molar refractivity (Wildman–Crippen MR) is 142 cm³/mol. The van der Waals surface area contributed by atoms with E-state index in [4.69, 9.17) is 16.6 Å². The van der Waals surface area contributed by atoms with Crippen molar-refractivity contribution >= 4 is 34.4 Å². The normalized spacial score (nSPS) is 21.2. The Morgan fingerprint density at radius 3 is 2.66 bits per heavy atom. The first-order valence-corrected chi connectivity index (χ1v) is 13.0. The molecule has 5 rings (SSSR count). The number of hydrogen-bond acceptors (Lipinski definition) is 5. The van der Waals surface area contributed by atoms with Gasteiger partial charge in [-0.25, -0.2) is 9.97 Å². The van der Waals surface area contributed by atoms with E-state index in [1.807, 2.05) is 29.3 Å². The van der Waals surface area contributed by atoms with Gasteiger partial charge in [0.15, 0.2) is 0 Å². The number of aromatic nitrogens is 3. The Morgan fingerprint density at radius 2 is 1.89 bits per heavy atom. The summed E-state index contributed by atoms with van der Waals surface area (Å²) in [6.07, 6.45) is 11.6. The SMILES string of the molecule is C=CC(=O)N1CCC(CNC2CCC(Nc3ncc(Cl)c(-c4c[nH]c5ccccc45)n3)CC2)CC1. The van der Waals surface area contributed by atoms with Gasteiger partial charge in [-0.05, 0) is 63.1 Å². The van der Waals surface area contributed by atoms with Gasteiger partial charge in [-0.15, -0.1) is 0 Å². The van der Waals surface area contributed by atoms with E-state index < -0.39 is 0 Å². The molecule has 2 aliphatic rings. The maximum absolute atomic E-state index is 11.8. The number of piperidine rings is 1. The number of carbonyl (C=O) groups is 1. The maximum atomic E-state index is 11.8.